The van der Waals surface area contributed by atoms with Crippen LogP contribution in [0.3, 0.4) is 0 Å². The van der Waals surface area contributed by atoms with Crippen molar-refractivity contribution >= 4 is 12.6 Å². The molecule has 0 saturated heterocycles. The molecule has 0 amide bonds. The average Bonchev–Trinajstić information content (AvgIpc) is 2.96. The number of fused-ring (bicyclic) bond motifs is 5. The number of unbranched alkanes of at least 4 members (excludes halogenated alkanes) is 1. The van der Waals surface area contributed by atoms with Gasteiger partial charge in [-0.25, -0.2) is 0 Å². The molecule has 4 rings (SSSR count). The molecule has 0 aliphatic heterocycles. The van der Waals surface area contributed by atoms with E-state index in [2.05, 4.69) is 37.9 Å². The molecule has 4 aliphatic rings. The van der Waals surface area contributed by atoms with E-state index < -0.39 is 0 Å². The fraction of sp³-hybridized carbons (Fsp3) is 0.913. The summed E-state index contributed by atoms with van der Waals surface area (Å²) in [5.74, 6) is 3.64. The lowest BCUT2D eigenvalue weighted by Crippen LogP contribution is -2.53. The van der Waals surface area contributed by atoms with Gasteiger partial charge in [0.15, 0.2) is 0 Å². The molecule has 0 aromatic carbocycles. The van der Waals surface area contributed by atoms with Gasteiger partial charge in [0.25, 0.3) is 0 Å². The first-order chi connectivity index (χ1) is 12.5. The van der Waals surface area contributed by atoms with Crippen LogP contribution in [0.5, 0.6) is 0 Å². The minimum atomic E-state index is -0.0861. The molecule has 0 bridgehead atoms. The van der Waals surface area contributed by atoms with E-state index >= 15 is 0 Å². The van der Waals surface area contributed by atoms with Gasteiger partial charge in [0, 0.05) is 6.04 Å². The van der Waals surface area contributed by atoms with Gasteiger partial charge in [-0.1, -0.05) is 25.5 Å². The molecule has 7 atom stereocenters. The van der Waals surface area contributed by atoms with Gasteiger partial charge in [-0.15, -0.1) is 0 Å². The third-order valence-electron chi connectivity index (χ3n) is 9.05. The van der Waals surface area contributed by atoms with E-state index in [1.807, 2.05) is 0 Å². The molecule has 4 aliphatic carbocycles. The van der Waals surface area contributed by atoms with E-state index in [0.717, 1.165) is 42.4 Å². The van der Waals surface area contributed by atoms with Crippen molar-refractivity contribution in [2.75, 3.05) is 12.3 Å². The van der Waals surface area contributed by atoms with Crippen molar-refractivity contribution in [1.82, 2.24) is 5.32 Å². The van der Waals surface area contributed by atoms with Crippen LogP contribution in [-0.4, -0.2) is 29.5 Å². The minimum Gasteiger partial charge on any atom is -0.393 e. The number of aliphatic hydroxyl groups is 1. The number of nitrogens with one attached hydrogen (secondary N) is 1. The molecule has 2 N–H and O–H groups in total. The van der Waals surface area contributed by atoms with E-state index in [1.165, 1.54) is 57.9 Å². The average molecular weight is 378 g/mol. The number of rotatable bonds is 5. The molecule has 0 aromatic heterocycles. The topological polar surface area (TPSA) is 32.3 Å². The number of hydrogen-bond donors (Lipinski definition) is 3. The number of thiol groups is 1. The predicted molar refractivity (Wildman–Crippen MR) is 113 cm³/mol. The van der Waals surface area contributed by atoms with Crippen LogP contribution in [0.1, 0.15) is 78.1 Å². The zero-order valence-corrected chi connectivity index (χ0v) is 17.7. The lowest BCUT2D eigenvalue weighted by Gasteiger charge is -2.58. The first-order valence-corrected chi connectivity index (χ1v) is 11.8. The minimum absolute atomic E-state index is 0.0861. The van der Waals surface area contributed by atoms with Gasteiger partial charge < -0.3 is 10.4 Å². The van der Waals surface area contributed by atoms with Crippen LogP contribution in [0, 0.1) is 28.6 Å². The molecule has 0 heterocycles. The summed E-state index contributed by atoms with van der Waals surface area (Å²) in [5, 5.41) is 14.1. The third kappa shape index (κ3) is 3.10. The maximum Gasteiger partial charge on any atom is 0.0577 e. The van der Waals surface area contributed by atoms with Crippen LogP contribution in [-0.2, 0) is 0 Å². The maximum absolute atomic E-state index is 10.2. The first kappa shape index (κ1) is 19.3. The van der Waals surface area contributed by atoms with E-state index in [-0.39, 0.29) is 6.10 Å². The van der Waals surface area contributed by atoms with Crippen molar-refractivity contribution in [3.8, 4) is 0 Å². The Balaban J connectivity index is 1.49. The Morgan fingerprint density at radius 3 is 2.77 bits per heavy atom. The van der Waals surface area contributed by atoms with Gasteiger partial charge >= 0.3 is 0 Å². The quantitative estimate of drug-likeness (QED) is 0.359. The normalized spacial score (nSPS) is 47.7. The molecule has 3 fully saturated rings. The van der Waals surface area contributed by atoms with Gasteiger partial charge in [-0.2, -0.15) is 12.6 Å². The SMILES string of the molecule is C[C@]12CC[C@H](O)CC1=CCC1C2CC[C@@]2(C)C1CC[C@@H]2NCCCCS. The predicted octanol–water partition coefficient (Wildman–Crippen LogP) is 4.98. The number of hydrogen-bond acceptors (Lipinski definition) is 3. The largest absolute Gasteiger partial charge is 0.393 e. The van der Waals surface area contributed by atoms with Gasteiger partial charge in [-0.05, 0) is 105 Å². The highest BCUT2D eigenvalue weighted by Crippen LogP contribution is 2.64. The first-order valence-electron chi connectivity index (χ1n) is 11.2. The molecule has 26 heavy (non-hydrogen) atoms. The van der Waals surface area contributed by atoms with Crippen molar-refractivity contribution in [3.05, 3.63) is 11.6 Å². The van der Waals surface area contributed by atoms with E-state index in [1.54, 1.807) is 5.57 Å². The van der Waals surface area contributed by atoms with Gasteiger partial charge in [0.05, 0.1) is 6.10 Å². The Morgan fingerprint density at radius 1 is 1.12 bits per heavy atom. The second kappa shape index (κ2) is 7.44. The molecule has 3 saturated carbocycles. The van der Waals surface area contributed by atoms with Crippen LogP contribution in [0.15, 0.2) is 11.6 Å². The summed E-state index contributed by atoms with van der Waals surface area (Å²) < 4.78 is 0. The molecule has 0 radical (unpaired) electrons. The maximum atomic E-state index is 10.2. The van der Waals surface area contributed by atoms with E-state index in [9.17, 15) is 5.11 Å². The molecule has 3 unspecified atom stereocenters. The summed E-state index contributed by atoms with van der Waals surface area (Å²) in [6.07, 6.45) is 15.0. The van der Waals surface area contributed by atoms with Gasteiger partial charge in [0.2, 0.25) is 0 Å². The Kier molecular flexibility index (Phi) is 5.53. The molecule has 2 nitrogen and oxygen atoms in total. The van der Waals surface area contributed by atoms with Crippen LogP contribution < -0.4 is 5.32 Å². The Hall–Kier alpha value is 0.01000. The molecular formula is C23H39NOS. The van der Waals surface area contributed by atoms with Crippen molar-refractivity contribution < 1.29 is 5.11 Å². The highest BCUT2D eigenvalue weighted by molar-refractivity contribution is 7.80. The van der Waals surface area contributed by atoms with E-state index in [0.29, 0.717) is 10.8 Å². The lowest BCUT2D eigenvalue weighted by molar-refractivity contribution is -0.0433. The van der Waals surface area contributed by atoms with Crippen molar-refractivity contribution in [2.24, 2.45) is 28.6 Å². The smallest absolute Gasteiger partial charge is 0.0577 e. The molecule has 0 aromatic rings. The van der Waals surface area contributed by atoms with Crippen LogP contribution in [0.4, 0.5) is 0 Å². The molecule has 3 heteroatoms. The number of allylic oxidation sites excluding steroid dienone is 1. The fourth-order valence-corrected chi connectivity index (χ4v) is 7.71. The summed E-state index contributed by atoms with van der Waals surface area (Å²) in [4.78, 5) is 0. The molecular weight excluding hydrogens is 338 g/mol. The summed E-state index contributed by atoms with van der Waals surface area (Å²) in [6.45, 7) is 6.30. The zero-order valence-electron chi connectivity index (χ0n) is 16.8. The van der Waals surface area contributed by atoms with Gasteiger partial charge in [-0.3, -0.25) is 0 Å². The Labute approximate surface area is 166 Å². The van der Waals surface area contributed by atoms with Crippen LogP contribution >= 0.6 is 12.6 Å². The van der Waals surface area contributed by atoms with E-state index in [4.69, 9.17) is 0 Å². The van der Waals surface area contributed by atoms with Crippen LogP contribution in [0.2, 0.25) is 0 Å². The molecule has 0 spiro atoms. The summed E-state index contributed by atoms with van der Waals surface area (Å²) in [7, 11) is 0. The van der Waals surface area contributed by atoms with Crippen molar-refractivity contribution in [3.63, 3.8) is 0 Å². The third-order valence-corrected chi connectivity index (χ3v) is 9.37. The van der Waals surface area contributed by atoms with Crippen LogP contribution in [0.25, 0.3) is 0 Å². The Morgan fingerprint density at radius 2 is 1.96 bits per heavy atom. The zero-order chi connectivity index (χ0) is 18.4. The standard InChI is InChI=1S/C23H39NOS/c1-22-11-9-17(25)15-16(22)5-6-18-19-7-8-21(24-13-3-4-14-26)23(19,2)12-10-20(18)22/h5,17-21,24-26H,3-4,6-15H2,1-2H3/t17-,18?,19?,20?,21-,22-,23-/m0/s1. The number of aliphatic hydroxyl groups excluding tert-OH is 1. The summed E-state index contributed by atoms with van der Waals surface area (Å²) in [5.41, 5.74) is 2.47. The van der Waals surface area contributed by atoms with Crippen molar-refractivity contribution in [2.45, 2.75) is 90.2 Å². The highest BCUT2D eigenvalue weighted by atomic mass is 32.1. The van der Waals surface area contributed by atoms with Gasteiger partial charge in [0.1, 0.15) is 0 Å². The highest BCUT2D eigenvalue weighted by Gasteiger charge is 2.58. The Bertz CT molecular complexity index is 548. The molecule has 148 valence electrons. The second-order valence-corrected chi connectivity index (χ2v) is 10.7. The summed E-state index contributed by atoms with van der Waals surface area (Å²) >= 11 is 4.35. The van der Waals surface area contributed by atoms with Crippen molar-refractivity contribution in [1.29, 1.82) is 0 Å². The second-order valence-electron chi connectivity index (χ2n) is 10.2. The lowest BCUT2D eigenvalue weighted by atomic mass is 9.48. The summed E-state index contributed by atoms with van der Waals surface area (Å²) in [6, 6.07) is 0.722. The monoisotopic (exact) mass is 377 g/mol. The fourth-order valence-electron chi connectivity index (χ4n) is 7.49.